The van der Waals surface area contributed by atoms with Crippen LogP contribution in [0.5, 0.6) is 5.75 Å². The summed E-state index contributed by atoms with van der Waals surface area (Å²) in [5, 5.41) is 0. The van der Waals surface area contributed by atoms with Crippen molar-refractivity contribution in [3.63, 3.8) is 0 Å². The van der Waals surface area contributed by atoms with Gasteiger partial charge in [0.15, 0.2) is 6.61 Å². The third kappa shape index (κ3) is 6.05. The molecule has 0 heterocycles. The van der Waals surface area contributed by atoms with Crippen LogP contribution in [0.25, 0.3) is 6.08 Å². The number of carbonyl (C=O) groups excluding carboxylic acids is 2. The zero-order chi connectivity index (χ0) is 16.5. The van der Waals surface area contributed by atoms with Crippen LogP contribution >= 0.6 is 0 Å². The van der Waals surface area contributed by atoms with E-state index in [9.17, 15) is 9.59 Å². The number of rotatable bonds is 5. The fourth-order valence-electron chi connectivity index (χ4n) is 1.80. The smallest absolute Gasteiger partial charge is 0.276 e. The number of aryl methyl sites for hydroxylation is 1. The van der Waals surface area contributed by atoms with Crippen molar-refractivity contribution in [1.29, 1.82) is 0 Å². The van der Waals surface area contributed by atoms with Crippen LogP contribution in [0.4, 0.5) is 0 Å². The van der Waals surface area contributed by atoms with Gasteiger partial charge in [-0.15, -0.1) is 0 Å². The topological polar surface area (TPSA) is 67.4 Å². The van der Waals surface area contributed by atoms with Gasteiger partial charge in [0.25, 0.3) is 11.8 Å². The molecule has 0 unspecified atom stereocenters. The Hall–Kier alpha value is -3.08. The number of nitrogens with one attached hydrogen (secondary N) is 2. The van der Waals surface area contributed by atoms with E-state index in [1.54, 1.807) is 12.1 Å². The Morgan fingerprint density at radius 1 is 1.04 bits per heavy atom. The van der Waals surface area contributed by atoms with Crippen molar-refractivity contribution in [3.05, 3.63) is 71.8 Å². The molecule has 5 nitrogen and oxygen atoms in total. The van der Waals surface area contributed by atoms with Crippen LogP contribution in [0.2, 0.25) is 0 Å². The summed E-state index contributed by atoms with van der Waals surface area (Å²) in [5.74, 6) is -0.249. The van der Waals surface area contributed by atoms with Crippen LogP contribution in [0, 0.1) is 6.92 Å². The van der Waals surface area contributed by atoms with Gasteiger partial charge in [-0.2, -0.15) is 0 Å². The maximum Gasteiger partial charge on any atom is 0.276 e. The molecule has 0 saturated carbocycles. The molecule has 0 spiro atoms. The normalized spacial score (nSPS) is 10.3. The van der Waals surface area contributed by atoms with Crippen molar-refractivity contribution >= 4 is 17.9 Å². The molecule has 0 saturated heterocycles. The van der Waals surface area contributed by atoms with Gasteiger partial charge in [0.05, 0.1) is 0 Å². The summed E-state index contributed by atoms with van der Waals surface area (Å²) >= 11 is 0. The second-order valence-corrected chi connectivity index (χ2v) is 4.89. The Bertz CT molecular complexity index is 696. The zero-order valence-corrected chi connectivity index (χ0v) is 12.8. The molecule has 0 aliphatic carbocycles. The molecule has 0 atom stereocenters. The maximum absolute atomic E-state index is 11.6. The number of hydrazine groups is 1. The molecule has 2 aromatic carbocycles. The molecule has 0 aliphatic rings. The van der Waals surface area contributed by atoms with Crippen molar-refractivity contribution in [2.75, 3.05) is 6.61 Å². The summed E-state index contributed by atoms with van der Waals surface area (Å²) in [5.41, 5.74) is 6.53. The average Bonchev–Trinajstić information content (AvgIpc) is 2.57. The van der Waals surface area contributed by atoms with Gasteiger partial charge in [0.1, 0.15) is 5.75 Å². The van der Waals surface area contributed by atoms with Crippen LogP contribution in [0.1, 0.15) is 11.1 Å². The van der Waals surface area contributed by atoms with Gasteiger partial charge in [-0.05, 0) is 36.3 Å². The zero-order valence-electron chi connectivity index (χ0n) is 12.8. The second-order valence-electron chi connectivity index (χ2n) is 4.89. The monoisotopic (exact) mass is 310 g/mol. The van der Waals surface area contributed by atoms with Crippen molar-refractivity contribution in [2.45, 2.75) is 6.92 Å². The molecular weight excluding hydrogens is 292 g/mol. The molecule has 0 aromatic heterocycles. The average molecular weight is 310 g/mol. The molecule has 0 fully saturated rings. The number of hydrogen-bond donors (Lipinski definition) is 2. The predicted molar refractivity (Wildman–Crippen MR) is 88.4 cm³/mol. The highest BCUT2D eigenvalue weighted by atomic mass is 16.5. The van der Waals surface area contributed by atoms with Crippen LogP contribution < -0.4 is 15.6 Å². The Morgan fingerprint density at radius 3 is 2.57 bits per heavy atom. The highest BCUT2D eigenvalue weighted by Crippen LogP contribution is 2.11. The Morgan fingerprint density at radius 2 is 1.83 bits per heavy atom. The lowest BCUT2D eigenvalue weighted by atomic mass is 10.2. The minimum Gasteiger partial charge on any atom is -0.484 e. The third-order valence-electron chi connectivity index (χ3n) is 2.91. The first-order chi connectivity index (χ1) is 11.1. The molecule has 23 heavy (non-hydrogen) atoms. The van der Waals surface area contributed by atoms with Gasteiger partial charge in [-0.25, -0.2) is 0 Å². The standard InChI is InChI=1S/C18H18N2O3/c1-14-6-5-9-16(12-14)23-13-18(22)20-19-17(21)11-10-15-7-3-2-4-8-15/h2-12H,13H2,1H3,(H,19,21)(H,20,22)/b11-10+. The molecule has 2 aromatic rings. The van der Waals surface area contributed by atoms with Crippen molar-refractivity contribution in [2.24, 2.45) is 0 Å². The Kier molecular flexibility index (Phi) is 5.94. The predicted octanol–water partition coefficient (Wildman–Crippen LogP) is 2.23. The van der Waals surface area contributed by atoms with Gasteiger partial charge >= 0.3 is 0 Å². The lowest BCUT2D eigenvalue weighted by Gasteiger charge is -2.08. The second kappa shape index (κ2) is 8.38. The van der Waals surface area contributed by atoms with Crippen molar-refractivity contribution < 1.29 is 14.3 Å². The lowest BCUT2D eigenvalue weighted by Crippen LogP contribution is -2.43. The van der Waals surface area contributed by atoms with E-state index in [0.29, 0.717) is 5.75 Å². The van der Waals surface area contributed by atoms with E-state index >= 15 is 0 Å². The minimum absolute atomic E-state index is 0.174. The summed E-state index contributed by atoms with van der Waals surface area (Å²) in [7, 11) is 0. The summed E-state index contributed by atoms with van der Waals surface area (Å²) in [4.78, 5) is 23.2. The highest BCUT2D eigenvalue weighted by Gasteiger charge is 2.03. The molecular formula is C18H18N2O3. The molecule has 0 bridgehead atoms. The van der Waals surface area contributed by atoms with E-state index in [-0.39, 0.29) is 6.61 Å². The summed E-state index contributed by atoms with van der Waals surface area (Å²) in [6.07, 6.45) is 3.00. The molecule has 0 aliphatic heterocycles. The maximum atomic E-state index is 11.6. The van der Waals surface area contributed by atoms with Crippen LogP contribution in [-0.2, 0) is 9.59 Å². The molecule has 0 radical (unpaired) electrons. The van der Waals surface area contributed by atoms with Gasteiger partial charge in [-0.3, -0.25) is 20.4 Å². The molecule has 2 N–H and O–H groups in total. The summed E-state index contributed by atoms with van der Waals surface area (Å²) in [6.45, 7) is 1.76. The van der Waals surface area contributed by atoms with E-state index in [4.69, 9.17) is 4.74 Å². The van der Waals surface area contributed by atoms with Gasteiger partial charge in [-0.1, -0.05) is 42.5 Å². The van der Waals surface area contributed by atoms with E-state index in [1.807, 2.05) is 55.5 Å². The Labute approximate surface area is 134 Å². The first kappa shape index (κ1) is 16.3. The number of carbonyl (C=O) groups is 2. The Balaban J connectivity index is 1.71. The highest BCUT2D eigenvalue weighted by molar-refractivity contribution is 5.93. The third-order valence-corrected chi connectivity index (χ3v) is 2.91. The van der Waals surface area contributed by atoms with E-state index in [2.05, 4.69) is 10.9 Å². The molecule has 2 rings (SSSR count). The van der Waals surface area contributed by atoms with Gasteiger partial charge in [0, 0.05) is 6.08 Å². The van der Waals surface area contributed by atoms with Crippen LogP contribution in [-0.4, -0.2) is 18.4 Å². The first-order valence-electron chi connectivity index (χ1n) is 7.15. The molecule has 118 valence electrons. The number of hydrogen-bond acceptors (Lipinski definition) is 3. The first-order valence-corrected chi connectivity index (χ1v) is 7.15. The summed E-state index contributed by atoms with van der Waals surface area (Å²) < 4.78 is 5.33. The number of amides is 2. The van der Waals surface area contributed by atoms with Crippen molar-refractivity contribution in [1.82, 2.24) is 10.9 Å². The minimum atomic E-state index is -0.437. The SMILES string of the molecule is Cc1cccc(OCC(=O)NNC(=O)/C=C/c2ccccc2)c1. The summed E-state index contributed by atoms with van der Waals surface area (Å²) in [6, 6.07) is 16.8. The van der Waals surface area contributed by atoms with E-state index < -0.39 is 11.8 Å². The van der Waals surface area contributed by atoms with E-state index in [1.165, 1.54) is 6.08 Å². The quantitative estimate of drug-likeness (QED) is 0.657. The number of benzene rings is 2. The van der Waals surface area contributed by atoms with Crippen LogP contribution in [0.3, 0.4) is 0 Å². The fourth-order valence-corrected chi connectivity index (χ4v) is 1.80. The van der Waals surface area contributed by atoms with Crippen molar-refractivity contribution in [3.8, 4) is 5.75 Å². The fraction of sp³-hybridized carbons (Fsp3) is 0.111. The van der Waals surface area contributed by atoms with Gasteiger partial charge < -0.3 is 4.74 Å². The van der Waals surface area contributed by atoms with Gasteiger partial charge in [0.2, 0.25) is 0 Å². The van der Waals surface area contributed by atoms with Crippen LogP contribution in [0.15, 0.2) is 60.7 Å². The molecule has 5 heteroatoms. The van der Waals surface area contributed by atoms with E-state index in [0.717, 1.165) is 11.1 Å². The molecule has 2 amide bonds. The lowest BCUT2D eigenvalue weighted by molar-refractivity contribution is -0.128. The largest absolute Gasteiger partial charge is 0.484 e. The number of ether oxygens (including phenoxy) is 1.